The monoisotopic (exact) mass is 313 g/mol. The largest absolute Gasteiger partial charge is 0.496 e. The van der Waals surface area contributed by atoms with Crippen LogP contribution in [0.3, 0.4) is 0 Å². The number of halogens is 1. The number of benzene rings is 1. The molecule has 1 aromatic carbocycles. The Balaban J connectivity index is 2.89. The van der Waals surface area contributed by atoms with Gasteiger partial charge in [0.2, 0.25) is 0 Å². The molecular formula is C14H20BrNO2. The molecule has 0 saturated heterocycles. The number of methoxy groups -OCH3 is 1. The lowest BCUT2D eigenvalue weighted by Gasteiger charge is -2.21. The first-order valence-electron chi connectivity index (χ1n) is 5.95. The molecule has 0 aliphatic carbocycles. The highest BCUT2D eigenvalue weighted by atomic mass is 79.9. The molecule has 0 atom stereocenters. The van der Waals surface area contributed by atoms with Gasteiger partial charge < -0.3 is 10.1 Å². The molecule has 0 aliphatic heterocycles. The van der Waals surface area contributed by atoms with Gasteiger partial charge >= 0.3 is 0 Å². The van der Waals surface area contributed by atoms with Gasteiger partial charge in [0.15, 0.2) is 0 Å². The molecule has 0 spiro atoms. The van der Waals surface area contributed by atoms with Crippen LogP contribution in [0.4, 0.5) is 4.79 Å². The van der Waals surface area contributed by atoms with Crippen molar-refractivity contribution in [3.05, 3.63) is 29.3 Å². The van der Waals surface area contributed by atoms with Crippen molar-refractivity contribution < 1.29 is 9.53 Å². The smallest absolute Gasteiger partial charge is 0.287 e. The number of amides is 1. The van der Waals surface area contributed by atoms with Crippen molar-refractivity contribution in [2.24, 2.45) is 0 Å². The number of carbonyl (C=O) groups excluding carboxylic acids is 1. The van der Waals surface area contributed by atoms with Crippen molar-refractivity contribution in [3.63, 3.8) is 0 Å². The van der Waals surface area contributed by atoms with Gasteiger partial charge in [-0.1, -0.05) is 32.9 Å². The predicted molar refractivity (Wildman–Crippen MR) is 77.7 cm³/mol. The van der Waals surface area contributed by atoms with E-state index in [1.807, 2.05) is 6.07 Å². The van der Waals surface area contributed by atoms with Gasteiger partial charge in [-0.15, -0.1) is 0 Å². The summed E-state index contributed by atoms with van der Waals surface area (Å²) in [6.45, 7) is 7.13. The minimum absolute atomic E-state index is 0.111. The zero-order valence-corrected chi connectivity index (χ0v) is 12.9. The van der Waals surface area contributed by atoms with Gasteiger partial charge in [-0.25, -0.2) is 0 Å². The van der Waals surface area contributed by atoms with E-state index in [0.29, 0.717) is 6.54 Å². The summed E-state index contributed by atoms with van der Waals surface area (Å²) in [5, 5.41) is 2.73. The molecule has 4 heteroatoms. The summed E-state index contributed by atoms with van der Waals surface area (Å²) in [5.74, 6) is 0.867. The molecule has 0 unspecified atom stereocenters. The Morgan fingerprint density at radius 1 is 1.39 bits per heavy atom. The van der Waals surface area contributed by atoms with E-state index in [-0.39, 0.29) is 10.2 Å². The quantitative estimate of drug-likeness (QED) is 0.681. The van der Waals surface area contributed by atoms with Crippen LogP contribution in [0, 0.1) is 0 Å². The number of hydrogen-bond donors (Lipinski definition) is 1. The molecule has 0 heterocycles. The summed E-state index contributed by atoms with van der Waals surface area (Å²) < 4.78 is 5.35. The van der Waals surface area contributed by atoms with E-state index >= 15 is 0 Å². The number of nitrogens with one attached hydrogen (secondary N) is 1. The van der Waals surface area contributed by atoms with E-state index < -0.39 is 0 Å². The fourth-order valence-electron chi connectivity index (χ4n) is 1.74. The first-order chi connectivity index (χ1) is 8.34. The second-order valence-electron chi connectivity index (χ2n) is 5.23. The van der Waals surface area contributed by atoms with E-state index in [0.717, 1.165) is 17.7 Å². The molecule has 18 heavy (non-hydrogen) atoms. The number of carbonyl (C=O) groups is 1. The Morgan fingerprint density at radius 2 is 2.06 bits per heavy atom. The maximum atomic E-state index is 10.8. The van der Waals surface area contributed by atoms with Crippen molar-refractivity contribution in [2.45, 2.75) is 32.6 Å². The van der Waals surface area contributed by atoms with Crippen LogP contribution in [0.2, 0.25) is 0 Å². The van der Waals surface area contributed by atoms with E-state index in [9.17, 15) is 4.79 Å². The lowest BCUT2D eigenvalue weighted by atomic mass is 9.85. The second-order valence-corrected chi connectivity index (χ2v) is 5.95. The van der Waals surface area contributed by atoms with Crippen LogP contribution in [0.15, 0.2) is 18.2 Å². The van der Waals surface area contributed by atoms with Gasteiger partial charge in [-0.3, -0.25) is 4.79 Å². The molecule has 0 fully saturated rings. The molecule has 1 N–H and O–H groups in total. The molecule has 0 saturated carbocycles. The van der Waals surface area contributed by atoms with Gasteiger partial charge in [0.25, 0.3) is 4.82 Å². The van der Waals surface area contributed by atoms with Crippen LogP contribution in [0.25, 0.3) is 0 Å². The first-order valence-corrected chi connectivity index (χ1v) is 6.74. The summed E-state index contributed by atoms with van der Waals surface area (Å²) in [5.41, 5.74) is 2.49. The maximum absolute atomic E-state index is 10.8. The molecule has 100 valence electrons. The Labute approximate surface area is 117 Å². The van der Waals surface area contributed by atoms with Crippen LogP contribution < -0.4 is 10.1 Å². The third kappa shape index (κ3) is 4.33. The normalized spacial score (nSPS) is 11.2. The zero-order chi connectivity index (χ0) is 13.8. The van der Waals surface area contributed by atoms with E-state index in [1.54, 1.807) is 7.11 Å². The molecule has 3 nitrogen and oxygen atoms in total. The Hall–Kier alpha value is -1.03. The summed E-state index contributed by atoms with van der Waals surface area (Å²) in [6.07, 6.45) is 0.754. The Bertz CT molecular complexity index is 424. The van der Waals surface area contributed by atoms with E-state index in [2.05, 4.69) is 54.2 Å². The summed E-state index contributed by atoms with van der Waals surface area (Å²) in [7, 11) is 1.67. The molecule has 0 aliphatic rings. The fraction of sp³-hybridized carbons (Fsp3) is 0.500. The summed E-state index contributed by atoms with van der Waals surface area (Å²) in [6, 6.07) is 6.23. The highest BCUT2D eigenvalue weighted by Crippen LogP contribution is 2.28. The molecule has 0 radical (unpaired) electrons. The Morgan fingerprint density at radius 3 is 2.56 bits per heavy atom. The van der Waals surface area contributed by atoms with Gasteiger partial charge in [0.1, 0.15) is 5.75 Å². The Kier molecular flexibility index (Phi) is 5.20. The van der Waals surface area contributed by atoms with Gasteiger partial charge in [0, 0.05) is 22.5 Å². The lowest BCUT2D eigenvalue weighted by molar-refractivity contribution is 0.262. The number of rotatable bonds is 4. The molecular weight excluding hydrogens is 294 g/mol. The second kappa shape index (κ2) is 6.23. The molecule has 0 aromatic heterocycles. The third-order valence-corrected chi connectivity index (χ3v) is 3.09. The van der Waals surface area contributed by atoms with Crippen LogP contribution in [0.5, 0.6) is 5.75 Å². The van der Waals surface area contributed by atoms with Crippen LogP contribution in [-0.2, 0) is 11.8 Å². The van der Waals surface area contributed by atoms with Gasteiger partial charge in [-0.05, 0) is 29.0 Å². The average molecular weight is 314 g/mol. The topological polar surface area (TPSA) is 38.3 Å². The van der Waals surface area contributed by atoms with Crippen molar-refractivity contribution >= 4 is 20.7 Å². The van der Waals surface area contributed by atoms with Gasteiger partial charge in [0.05, 0.1) is 7.11 Å². The summed E-state index contributed by atoms with van der Waals surface area (Å²) >= 11 is 2.85. The summed E-state index contributed by atoms with van der Waals surface area (Å²) in [4.78, 5) is 10.6. The third-order valence-electron chi connectivity index (χ3n) is 2.80. The highest BCUT2D eigenvalue weighted by Gasteiger charge is 2.15. The van der Waals surface area contributed by atoms with E-state index in [4.69, 9.17) is 4.74 Å². The first kappa shape index (κ1) is 15.0. The van der Waals surface area contributed by atoms with Crippen molar-refractivity contribution in [2.75, 3.05) is 13.7 Å². The minimum atomic E-state index is -0.187. The van der Waals surface area contributed by atoms with Gasteiger partial charge in [-0.2, -0.15) is 0 Å². The average Bonchev–Trinajstić information content (AvgIpc) is 2.27. The molecule has 1 rings (SSSR count). The van der Waals surface area contributed by atoms with Crippen LogP contribution in [-0.4, -0.2) is 18.5 Å². The zero-order valence-electron chi connectivity index (χ0n) is 11.3. The van der Waals surface area contributed by atoms with Crippen LogP contribution >= 0.6 is 15.9 Å². The maximum Gasteiger partial charge on any atom is 0.287 e. The van der Waals surface area contributed by atoms with E-state index in [1.165, 1.54) is 5.56 Å². The minimum Gasteiger partial charge on any atom is -0.496 e. The predicted octanol–water partition coefficient (Wildman–Crippen LogP) is 3.64. The van der Waals surface area contributed by atoms with Crippen molar-refractivity contribution in [3.8, 4) is 5.75 Å². The number of hydrogen-bond acceptors (Lipinski definition) is 2. The molecule has 1 aromatic rings. The SMILES string of the molecule is COc1ccc(C(C)(C)C)cc1CCNC(=O)Br. The van der Waals surface area contributed by atoms with Crippen molar-refractivity contribution in [1.29, 1.82) is 0 Å². The van der Waals surface area contributed by atoms with Crippen molar-refractivity contribution in [1.82, 2.24) is 5.32 Å². The number of ether oxygens (including phenoxy) is 1. The molecule has 1 amide bonds. The molecule has 0 bridgehead atoms. The standard InChI is InChI=1S/C14H20BrNO2/c1-14(2,3)11-5-6-12(18-4)10(9-11)7-8-16-13(15)17/h5-6,9H,7-8H2,1-4H3,(H,16,17). The lowest BCUT2D eigenvalue weighted by Crippen LogP contribution is -2.19. The highest BCUT2D eigenvalue weighted by molar-refractivity contribution is 9.18. The fourth-order valence-corrected chi connectivity index (χ4v) is 1.93. The van der Waals surface area contributed by atoms with Crippen LogP contribution in [0.1, 0.15) is 31.9 Å².